The summed E-state index contributed by atoms with van der Waals surface area (Å²) in [5, 5.41) is 15.8. The van der Waals surface area contributed by atoms with Crippen molar-refractivity contribution in [2.24, 2.45) is 11.8 Å². The van der Waals surface area contributed by atoms with E-state index in [1.807, 2.05) is 115 Å². The molecule has 302 valence electrons. The van der Waals surface area contributed by atoms with Crippen LogP contribution in [0.1, 0.15) is 36.8 Å². The monoisotopic (exact) mass is 792 g/mol. The number of carbonyl (C=O) groups excluding carboxylic acids is 1. The van der Waals surface area contributed by atoms with Crippen LogP contribution < -0.4 is 20.1 Å². The van der Waals surface area contributed by atoms with Crippen molar-refractivity contribution >= 4 is 23.6 Å². The summed E-state index contributed by atoms with van der Waals surface area (Å²) in [6.45, 7) is 1.57. The lowest BCUT2D eigenvalue weighted by molar-refractivity contribution is -0.141. The van der Waals surface area contributed by atoms with Crippen LogP contribution in [0.15, 0.2) is 134 Å². The number of anilines is 2. The van der Waals surface area contributed by atoms with E-state index >= 15 is 0 Å². The SMILES string of the molecule is COC(=O)C(Cc1ccccc1)Nc1cc(-c2ccc(OCC3CC3)cc2)ncn1.O=C(O)C(Cc1ccccc1)Nc1cc(-c2ccc(OCC3CC3)cc2)ncn1. The Balaban J connectivity index is 0.000000179. The maximum atomic E-state index is 12.3. The van der Waals surface area contributed by atoms with Gasteiger partial charge in [0.05, 0.1) is 31.7 Å². The average molecular weight is 793 g/mol. The normalized spacial score (nSPS) is 14.1. The molecule has 2 aliphatic carbocycles. The smallest absolute Gasteiger partial charge is 0.328 e. The van der Waals surface area contributed by atoms with Gasteiger partial charge in [0, 0.05) is 36.1 Å². The molecule has 2 aliphatic rings. The van der Waals surface area contributed by atoms with Crippen molar-refractivity contribution in [1.82, 2.24) is 19.9 Å². The van der Waals surface area contributed by atoms with Gasteiger partial charge in [0.25, 0.3) is 0 Å². The molecule has 8 rings (SSSR count). The number of ether oxygens (including phenoxy) is 3. The van der Waals surface area contributed by atoms with Crippen LogP contribution >= 0.6 is 0 Å². The summed E-state index contributed by atoms with van der Waals surface area (Å²) in [5.41, 5.74) is 5.35. The standard InChI is InChI=1S/C24H25N3O3.C23H23N3O3/c1-29-24(28)22(13-17-5-3-2-4-6-17)27-23-14-21(25-16-26-23)19-9-11-20(12-10-19)30-15-18-7-8-18;27-23(28)21(12-16-4-2-1-3-5-16)26-22-13-20(24-15-25-22)18-8-10-19(11-9-18)29-14-17-6-7-17/h2-6,9-12,14,16,18,22H,7-8,13,15H2,1H3,(H,25,26,27);1-5,8-11,13,15,17,21H,6-7,12,14H2,(H,27,28)(H,24,25,26). The number of esters is 1. The van der Waals surface area contributed by atoms with E-state index in [4.69, 9.17) is 14.2 Å². The first kappa shape index (κ1) is 40.4. The molecule has 2 heterocycles. The number of hydrogen-bond donors (Lipinski definition) is 3. The average Bonchev–Trinajstić information content (AvgIpc) is 4.23. The Labute approximate surface area is 344 Å². The van der Waals surface area contributed by atoms with Gasteiger partial charge in [-0.3, -0.25) is 0 Å². The van der Waals surface area contributed by atoms with E-state index in [-0.39, 0.29) is 5.97 Å². The predicted octanol–water partition coefficient (Wildman–Crippen LogP) is 8.17. The molecule has 0 bridgehead atoms. The van der Waals surface area contributed by atoms with E-state index in [1.54, 1.807) is 6.07 Å². The first-order valence-electron chi connectivity index (χ1n) is 19.9. The van der Waals surface area contributed by atoms with Crippen molar-refractivity contribution in [3.63, 3.8) is 0 Å². The second-order valence-electron chi connectivity index (χ2n) is 14.8. The molecule has 0 aliphatic heterocycles. The van der Waals surface area contributed by atoms with Crippen LogP contribution in [0.25, 0.3) is 22.5 Å². The zero-order valence-electron chi connectivity index (χ0n) is 32.9. The molecule has 12 nitrogen and oxygen atoms in total. The molecule has 2 fully saturated rings. The fourth-order valence-corrected chi connectivity index (χ4v) is 6.22. The Bertz CT molecular complexity index is 2250. The topological polar surface area (TPSA) is 158 Å². The van der Waals surface area contributed by atoms with Gasteiger partial charge in [-0.25, -0.2) is 29.5 Å². The highest BCUT2D eigenvalue weighted by atomic mass is 16.5. The second-order valence-corrected chi connectivity index (χ2v) is 14.8. The first-order valence-corrected chi connectivity index (χ1v) is 19.9. The van der Waals surface area contributed by atoms with Crippen LogP contribution in [-0.4, -0.2) is 69.4 Å². The Morgan fingerprint density at radius 1 is 0.610 bits per heavy atom. The maximum Gasteiger partial charge on any atom is 0.328 e. The van der Waals surface area contributed by atoms with Gasteiger partial charge in [-0.1, -0.05) is 60.7 Å². The van der Waals surface area contributed by atoms with Gasteiger partial charge in [-0.2, -0.15) is 0 Å². The van der Waals surface area contributed by atoms with Gasteiger partial charge < -0.3 is 30.0 Å². The zero-order valence-corrected chi connectivity index (χ0v) is 32.9. The van der Waals surface area contributed by atoms with Gasteiger partial charge >= 0.3 is 11.9 Å². The minimum Gasteiger partial charge on any atom is -0.493 e. The van der Waals surface area contributed by atoms with Crippen molar-refractivity contribution in [2.75, 3.05) is 31.0 Å². The van der Waals surface area contributed by atoms with Gasteiger partial charge in [0.15, 0.2) is 0 Å². The minimum atomic E-state index is -0.925. The number of nitrogens with zero attached hydrogens (tertiary/aromatic N) is 4. The van der Waals surface area contributed by atoms with E-state index in [2.05, 4.69) is 30.6 Å². The fraction of sp³-hybridized carbons (Fsp3) is 0.277. The summed E-state index contributed by atoms with van der Waals surface area (Å²) in [4.78, 5) is 41.1. The molecule has 0 radical (unpaired) electrons. The molecule has 6 aromatic rings. The zero-order chi connectivity index (χ0) is 40.8. The van der Waals surface area contributed by atoms with Crippen LogP contribution in [0, 0.1) is 11.8 Å². The number of aliphatic carboxylic acids is 1. The van der Waals surface area contributed by atoms with E-state index < -0.39 is 18.1 Å². The van der Waals surface area contributed by atoms with Gasteiger partial charge in [0.2, 0.25) is 0 Å². The van der Waals surface area contributed by atoms with Crippen LogP contribution in [0.2, 0.25) is 0 Å². The lowest BCUT2D eigenvalue weighted by atomic mass is 10.1. The Morgan fingerprint density at radius 2 is 1.03 bits per heavy atom. The minimum absolute atomic E-state index is 0.337. The first-order chi connectivity index (χ1) is 28.9. The van der Waals surface area contributed by atoms with E-state index in [0.29, 0.717) is 30.4 Å². The van der Waals surface area contributed by atoms with E-state index in [0.717, 1.165) is 64.3 Å². The highest BCUT2D eigenvalue weighted by Crippen LogP contribution is 2.31. The molecule has 2 unspecified atom stereocenters. The van der Waals surface area contributed by atoms with Crippen LogP contribution in [0.3, 0.4) is 0 Å². The molecular weight excluding hydrogens is 745 g/mol. The summed E-state index contributed by atoms with van der Waals surface area (Å²) in [5.74, 6) is 2.94. The summed E-state index contributed by atoms with van der Waals surface area (Å²) in [6, 6.07) is 37.3. The number of rotatable bonds is 18. The van der Waals surface area contributed by atoms with Gasteiger partial charge in [-0.05, 0) is 97.2 Å². The Kier molecular flexibility index (Phi) is 13.7. The van der Waals surface area contributed by atoms with Gasteiger partial charge in [-0.15, -0.1) is 0 Å². The fourth-order valence-electron chi connectivity index (χ4n) is 6.22. The number of carboxylic acids is 1. The number of benzene rings is 4. The second kappa shape index (κ2) is 20.0. The number of methoxy groups -OCH3 is 1. The maximum absolute atomic E-state index is 12.3. The molecule has 0 saturated heterocycles. The van der Waals surface area contributed by atoms with Crippen molar-refractivity contribution < 1.29 is 28.9 Å². The molecule has 59 heavy (non-hydrogen) atoms. The third-order valence-electron chi connectivity index (χ3n) is 9.99. The molecular formula is C47H48N6O6. The number of carboxylic acid groups (broad SMARTS) is 1. The number of hydrogen-bond acceptors (Lipinski definition) is 11. The molecule has 0 amide bonds. The van der Waals surface area contributed by atoms with E-state index in [9.17, 15) is 14.7 Å². The Hall–Kier alpha value is -6.82. The molecule has 2 atom stereocenters. The lowest BCUT2D eigenvalue weighted by Crippen LogP contribution is -2.33. The highest BCUT2D eigenvalue weighted by Gasteiger charge is 2.23. The van der Waals surface area contributed by atoms with Crippen molar-refractivity contribution in [1.29, 1.82) is 0 Å². The van der Waals surface area contributed by atoms with Crippen molar-refractivity contribution in [3.8, 4) is 34.0 Å². The molecule has 4 aromatic carbocycles. The van der Waals surface area contributed by atoms with Gasteiger partial charge in [0.1, 0.15) is 47.9 Å². The number of nitrogens with one attached hydrogen (secondary N) is 2. The molecule has 2 aromatic heterocycles. The summed E-state index contributed by atoms with van der Waals surface area (Å²) >= 11 is 0. The summed E-state index contributed by atoms with van der Waals surface area (Å²) in [6.07, 6.45) is 8.86. The van der Waals surface area contributed by atoms with Crippen LogP contribution in [0.4, 0.5) is 11.6 Å². The third kappa shape index (κ3) is 12.6. The summed E-state index contributed by atoms with van der Waals surface area (Å²) < 4.78 is 16.5. The Morgan fingerprint density at radius 3 is 1.44 bits per heavy atom. The predicted molar refractivity (Wildman–Crippen MR) is 226 cm³/mol. The molecule has 12 heteroatoms. The molecule has 2 saturated carbocycles. The molecule has 3 N–H and O–H groups in total. The van der Waals surface area contributed by atoms with Crippen LogP contribution in [0.5, 0.6) is 11.5 Å². The van der Waals surface area contributed by atoms with Crippen molar-refractivity contribution in [3.05, 3.63) is 145 Å². The van der Waals surface area contributed by atoms with Crippen molar-refractivity contribution in [2.45, 2.75) is 50.6 Å². The third-order valence-corrected chi connectivity index (χ3v) is 9.99. The van der Waals surface area contributed by atoms with Crippen LogP contribution in [-0.2, 0) is 27.2 Å². The molecule has 0 spiro atoms. The lowest BCUT2D eigenvalue weighted by Gasteiger charge is -2.17. The number of carbonyl (C=O) groups is 2. The summed E-state index contributed by atoms with van der Waals surface area (Å²) in [7, 11) is 1.39. The highest BCUT2D eigenvalue weighted by molar-refractivity contribution is 5.80. The largest absolute Gasteiger partial charge is 0.493 e. The van der Waals surface area contributed by atoms with E-state index in [1.165, 1.54) is 45.4 Å². The quantitative estimate of drug-likeness (QED) is 0.0719. The number of aromatic nitrogens is 4.